The molecular weight excluding hydrogens is 294 g/mol. The molecule has 19 heavy (non-hydrogen) atoms. The fourth-order valence-corrected chi connectivity index (χ4v) is 3.62. The van der Waals surface area contributed by atoms with Crippen molar-refractivity contribution in [2.24, 2.45) is 17.3 Å². The molecule has 0 aromatic carbocycles. The van der Waals surface area contributed by atoms with Crippen molar-refractivity contribution in [3.63, 3.8) is 0 Å². The van der Waals surface area contributed by atoms with E-state index in [-0.39, 0.29) is 23.9 Å². The maximum absolute atomic E-state index is 11.1. The van der Waals surface area contributed by atoms with Gasteiger partial charge < -0.3 is 23.8 Å². The standard InChI is InChI=1S/C10H20O7P2/c1-7(2)5-8-9(10(8,3)4)6-16-19(14,15)17-18(11,12)13/h5,8-9H,6H2,1-4H3,(H,14,15)(H2,11,12,13)/p-3/t8-,9-/m1/s1. The molecule has 0 N–H and O–H groups in total. The van der Waals surface area contributed by atoms with E-state index in [0.717, 1.165) is 5.57 Å². The Labute approximate surface area is 112 Å². The van der Waals surface area contributed by atoms with Gasteiger partial charge in [0.05, 0.1) is 14.4 Å². The smallest absolute Gasteiger partial charge is 0.271 e. The fraction of sp³-hybridized carbons (Fsp3) is 0.800. The largest absolute Gasteiger partial charge is 0.790 e. The van der Waals surface area contributed by atoms with Crippen molar-refractivity contribution in [2.75, 3.05) is 6.61 Å². The fourth-order valence-electron chi connectivity index (χ4n) is 2.11. The van der Waals surface area contributed by atoms with Crippen LogP contribution in [0.3, 0.4) is 0 Å². The number of phosphoric ester groups is 1. The number of rotatable bonds is 6. The zero-order valence-corrected chi connectivity index (χ0v) is 13.0. The van der Waals surface area contributed by atoms with Gasteiger partial charge in [-0.1, -0.05) is 25.5 Å². The Morgan fingerprint density at radius 2 is 1.79 bits per heavy atom. The van der Waals surface area contributed by atoms with E-state index in [9.17, 15) is 23.8 Å². The Bertz CT molecular complexity index is 460. The Morgan fingerprint density at radius 1 is 1.26 bits per heavy atom. The second kappa shape index (κ2) is 5.41. The first-order valence-corrected chi connectivity index (χ1v) is 8.61. The molecule has 1 saturated carbocycles. The maximum atomic E-state index is 11.1. The van der Waals surface area contributed by atoms with Gasteiger partial charge in [0.2, 0.25) is 0 Å². The molecule has 1 unspecified atom stereocenters. The lowest BCUT2D eigenvalue weighted by Crippen LogP contribution is -2.19. The van der Waals surface area contributed by atoms with Crippen LogP contribution < -0.4 is 14.7 Å². The van der Waals surface area contributed by atoms with Crippen LogP contribution in [0, 0.1) is 17.3 Å². The molecule has 0 saturated heterocycles. The van der Waals surface area contributed by atoms with Crippen LogP contribution in [0.4, 0.5) is 0 Å². The van der Waals surface area contributed by atoms with Crippen LogP contribution in [0.15, 0.2) is 11.6 Å². The van der Waals surface area contributed by atoms with E-state index in [0.29, 0.717) is 0 Å². The van der Waals surface area contributed by atoms with Crippen molar-refractivity contribution in [1.82, 2.24) is 0 Å². The average Bonchev–Trinajstić information content (AvgIpc) is 2.59. The van der Waals surface area contributed by atoms with Gasteiger partial charge >= 0.3 is 0 Å². The van der Waals surface area contributed by atoms with Gasteiger partial charge in [0, 0.05) is 0 Å². The minimum absolute atomic E-state index is 0.0639. The molecule has 0 spiro atoms. The van der Waals surface area contributed by atoms with E-state index in [4.69, 9.17) is 0 Å². The molecule has 1 aliphatic rings. The summed E-state index contributed by atoms with van der Waals surface area (Å²) in [5.74, 6) is 0.0924. The van der Waals surface area contributed by atoms with Crippen molar-refractivity contribution in [1.29, 1.82) is 0 Å². The Kier molecular flexibility index (Phi) is 4.86. The zero-order chi connectivity index (χ0) is 15.1. The van der Waals surface area contributed by atoms with Crippen molar-refractivity contribution >= 4 is 15.6 Å². The van der Waals surface area contributed by atoms with E-state index in [1.807, 2.05) is 33.8 Å². The van der Waals surface area contributed by atoms with Gasteiger partial charge in [-0.2, -0.15) is 0 Å². The van der Waals surface area contributed by atoms with E-state index in [1.165, 1.54) is 0 Å². The van der Waals surface area contributed by atoms with Crippen LogP contribution in [-0.2, 0) is 18.0 Å². The maximum Gasteiger partial charge on any atom is 0.271 e. The summed E-state index contributed by atoms with van der Waals surface area (Å²) < 4.78 is 29.2. The Morgan fingerprint density at radius 3 is 2.21 bits per heavy atom. The van der Waals surface area contributed by atoms with E-state index < -0.39 is 15.6 Å². The first-order valence-electron chi connectivity index (χ1n) is 5.69. The summed E-state index contributed by atoms with van der Waals surface area (Å²) in [6.45, 7) is 7.56. The molecule has 3 atom stereocenters. The highest BCUT2D eigenvalue weighted by Gasteiger charge is 2.56. The van der Waals surface area contributed by atoms with Crippen LogP contribution in [0.5, 0.6) is 0 Å². The average molecular weight is 311 g/mol. The van der Waals surface area contributed by atoms with Gasteiger partial charge in [0.15, 0.2) is 0 Å². The third-order valence-electron chi connectivity index (χ3n) is 3.26. The third kappa shape index (κ3) is 5.12. The molecule has 0 aliphatic heterocycles. The normalized spacial score (nSPS) is 28.6. The van der Waals surface area contributed by atoms with Gasteiger partial charge in [-0.15, -0.1) is 0 Å². The van der Waals surface area contributed by atoms with Crippen LogP contribution in [0.25, 0.3) is 0 Å². The van der Waals surface area contributed by atoms with Crippen molar-refractivity contribution < 1.29 is 32.6 Å². The van der Waals surface area contributed by atoms with Crippen molar-refractivity contribution in [3.05, 3.63) is 11.6 Å². The molecule has 1 rings (SSSR count). The molecule has 9 heteroatoms. The molecule has 112 valence electrons. The van der Waals surface area contributed by atoms with Crippen LogP contribution in [-0.4, -0.2) is 6.61 Å². The van der Waals surface area contributed by atoms with Gasteiger partial charge in [0.1, 0.15) is 0 Å². The monoisotopic (exact) mass is 311 g/mol. The van der Waals surface area contributed by atoms with Crippen LogP contribution >= 0.6 is 15.6 Å². The van der Waals surface area contributed by atoms with E-state index in [2.05, 4.69) is 8.83 Å². The molecule has 1 fully saturated rings. The summed E-state index contributed by atoms with van der Waals surface area (Å²) in [6.07, 6.45) is 2.01. The molecule has 7 nitrogen and oxygen atoms in total. The molecule has 0 heterocycles. The summed E-state index contributed by atoms with van der Waals surface area (Å²) in [5.41, 5.74) is 0.973. The van der Waals surface area contributed by atoms with E-state index in [1.54, 1.807) is 0 Å². The lowest BCUT2D eigenvalue weighted by Gasteiger charge is -2.35. The van der Waals surface area contributed by atoms with Crippen LogP contribution in [0.2, 0.25) is 0 Å². The quantitative estimate of drug-likeness (QED) is 0.518. The molecule has 0 aromatic rings. The summed E-state index contributed by atoms with van der Waals surface area (Å²) in [4.78, 5) is 31.6. The highest BCUT2D eigenvalue weighted by Crippen LogP contribution is 2.61. The highest BCUT2D eigenvalue weighted by atomic mass is 31.3. The van der Waals surface area contributed by atoms with Crippen molar-refractivity contribution in [3.8, 4) is 0 Å². The highest BCUT2D eigenvalue weighted by molar-refractivity contribution is 7.58. The van der Waals surface area contributed by atoms with Gasteiger partial charge in [-0.25, -0.2) is 0 Å². The minimum Gasteiger partial charge on any atom is -0.790 e. The first-order chi connectivity index (χ1) is 8.35. The number of allylic oxidation sites excluding steroid dienone is 2. The molecule has 0 aromatic heterocycles. The molecular formula is C10H17O7P2-3. The Balaban J connectivity index is 2.57. The lowest BCUT2D eigenvalue weighted by atomic mass is 10.1. The SMILES string of the molecule is CC(C)=C[C@@H]1[C@@H](COP(=O)([O-])OP(=O)([O-])[O-])C1(C)C. The summed E-state index contributed by atoms with van der Waals surface area (Å²) in [7, 11) is -10.7. The van der Waals surface area contributed by atoms with Gasteiger partial charge in [0.25, 0.3) is 7.82 Å². The van der Waals surface area contributed by atoms with E-state index >= 15 is 0 Å². The predicted molar refractivity (Wildman–Crippen MR) is 62.4 cm³/mol. The van der Waals surface area contributed by atoms with Gasteiger partial charge in [-0.05, 0) is 31.1 Å². The molecule has 1 aliphatic carbocycles. The summed E-state index contributed by atoms with van der Waals surface area (Å²) in [6, 6.07) is 0. The van der Waals surface area contributed by atoms with Gasteiger partial charge in [-0.3, -0.25) is 8.88 Å². The molecule has 0 bridgehead atoms. The van der Waals surface area contributed by atoms with Crippen molar-refractivity contribution in [2.45, 2.75) is 27.7 Å². The predicted octanol–water partition coefficient (Wildman–Crippen LogP) is 0.555. The number of hydrogen-bond donors (Lipinski definition) is 0. The summed E-state index contributed by atoms with van der Waals surface area (Å²) >= 11 is 0. The van der Waals surface area contributed by atoms with Crippen LogP contribution in [0.1, 0.15) is 27.7 Å². The number of phosphoric acid groups is 2. The minimum atomic E-state index is -5.61. The second-order valence-electron chi connectivity index (χ2n) is 5.47. The number of hydrogen-bond acceptors (Lipinski definition) is 7. The first kappa shape index (κ1) is 17.1. The lowest BCUT2D eigenvalue weighted by molar-refractivity contribution is -0.339. The molecule has 0 amide bonds. The zero-order valence-electron chi connectivity index (χ0n) is 11.2. The summed E-state index contributed by atoms with van der Waals surface area (Å²) in [5, 5.41) is 0. The second-order valence-corrected chi connectivity index (χ2v) is 8.17. The molecule has 0 radical (unpaired) electrons. The third-order valence-corrected chi connectivity index (χ3v) is 5.33. The Hall–Kier alpha value is -0.0000000000000000416. The topological polar surface area (TPSA) is 122 Å².